The average Bonchev–Trinajstić information content (AvgIpc) is 2.88. The average molecular weight is 187 g/mol. The molecule has 0 spiro atoms. The van der Waals surface area contributed by atoms with Crippen LogP contribution in [0.3, 0.4) is 0 Å². The first-order valence-electron chi connectivity index (χ1n) is 3.94. The molecule has 0 atom stereocenters. The van der Waals surface area contributed by atoms with Crippen LogP contribution in [0.4, 0.5) is 0 Å². The summed E-state index contributed by atoms with van der Waals surface area (Å²) in [6.45, 7) is 0. The van der Waals surface area contributed by atoms with E-state index in [9.17, 15) is 0 Å². The SMILES string of the molecule is c1nc2cncn(-c3cn[nH]n3)c-2n1. The molecule has 14 heavy (non-hydrogen) atoms. The first kappa shape index (κ1) is 7.13. The Kier molecular flexibility index (Phi) is 1.32. The lowest BCUT2D eigenvalue weighted by molar-refractivity contribution is 0.882. The lowest BCUT2D eigenvalue weighted by atomic mass is 10.4. The van der Waals surface area contributed by atoms with Crippen molar-refractivity contribution in [1.29, 1.82) is 0 Å². The van der Waals surface area contributed by atoms with Crippen LogP contribution in [0, 0.1) is 0 Å². The van der Waals surface area contributed by atoms with E-state index in [-0.39, 0.29) is 0 Å². The van der Waals surface area contributed by atoms with E-state index in [1.54, 1.807) is 23.3 Å². The fourth-order valence-electron chi connectivity index (χ4n) is 1.25. The van der Waals surface area contributed by atoms with E-state index in [0.29, 0.717) is 11.6 Å². The molecule has 0 aliphatic carbocycles. The second kappa shape index (κ2) is 2.59. The molecule has 68 valence electrons. The third-order valence-electron chi connectivity index (χ3n) is 1.86. The van der Waals surface area contributed by atoms with E-state index in [1.165, 1.54) is 6.33 Å². The highest BCUT2D eigenvalue weighted by Crippen LogP contribution is 2.16. The predicted octanol–water partition coefficient (Wildman–Crippen LogP) is -0.115. The zero-order valence-electron chi connectivity index (χ0n) is 6.99. The number of aromatic amines is 1. The summed E-state index contributed by atoms with van der Waals surface area (Å²) in [6, 6.07) is 0. The van der Waals surface area contributed by atoms with Gasteiger partial charge in [0.2, 0.25) is 0 Å². The first-order chi connectivity index (χ1) is 6.95. The van der Waals surface area contributed by atoms with E-state index in [4.69, 9.17) is 0 Å². The number of nitrogens with zero attached hydrogens (tertiary/aromatic N) is 6. The molecule has 2 aliphatic heterocycles. The second-order valence-corrected chi connectivity index (χ2v) is 2.67. The molecule has 7 heteroatoms. The maximum absolute atomic E-state index is 4.10. The van der Waals surface area contributed by atoms with Crippen LogP contribution in [-0.4, -0.2) is 34.9 Å². The van der Waals surface area contributed by atoms with E-state index in [1.807, 2.05) is 0 Å². The number of H-pyrrole nitrogens is 1. The summed E-state index contributed by atoms with van der Waals surface area (Å²) in [4.78, 5) is 12.2. The van der Waals surface area contributed by atoms with Crippen molar-refractivity contribution in [3.63, 3.8) is 0 Å². The second-order valence-electron chi connectivity index (χ2n) is 2.67. The minimum absolute atomic E-state index is 0.642. The Bertz CT molecular complexity index is 511. The van der Waals surface area contributed by atoms with Crippen LogP contribution >= 0.6 is 0 Å². The van der Waals surface area contributed by atoms with Gasteiger partial charge < -0.3 is 0 Å². The van der Waals surface area contributed by atoms with Crippen LogP contribution in [-0.2, 0) is 0 Å². The molecule has 0 unspecified atom stereocenters. The van der Waals surface area contributed by atoms with Crippen LogP contribution in [0.25, 0.3) is 17.3 Å². The number of nitrogens with one attached hydrogen (secondary N) is 1. The van der Waals surface area contributed by atoms with Crippen molar-refractivity contribution in [3.8, 4) is 17.3 Å². The molecule has 1 N–H and O–H groups in total. The van der Waals surface area contributed by atoms with Crippen molar-refractivity contribution in [1.82, 2.24) is 34.9 Å². The Hall–Kier alpha value is -2.31. The number of hydrogen-bond acceptors (Lipinski definition) is 5. The summed E-state index contributed by atoms with van der Waals surface area (Å²) in [7, 11) is 0. The number of fused-ring (bicyclic) bond motifs is 1. The molecule has 1 aromatic heterocycles. The zero-order valence-corrected chi connectivity index (χ0v) is 6.99. The molecule has 0 aromatic carbocycles. The Balaban J connectivity index is 2.28. The molecule has 3 heterocycles. The number of imidazole rings is 1. The fourth-order valence-corrected chi connectivity index (χ4v) is 1.25. The maximum atomic E-state index is 4.10. The van der Waals surface area contributed by atoms with E-state index < -0.39 is 0 Å². The summed E-state index contributed by atoms with van der Waals surface area (Å²) in [5, 5.41) is 10.2. The van der Waals surface area contributed by atoms with E-state index >= 15 is 0 Å². The van der Waals surface area contributed by atoms with Crippen molar-refractivity contribution >= 4 is 0 Å². The molecule has 0 saturated carbocycles. The topological polar surface area (TPSA) is 85.2 Å². The minimum Gasteiger partial charge on any atom is -0.264 e. The van der Waals surface area contributed by atoms with Crippen molar-refractivity contribution in [2.24, 2.45) is 0 Å². The van der Waals surface area contributed by atoms with Gasteiger partial charge in [0.1, 0.15) is 18.3 Å². The molecule has 0 saturated heterocycles. The van der Waals surface area contributed by atoms with Gasteiger partial charge in [0.05, 0.1) is 12.4 Å². The van der Waals surface area contributed by atoms with Gasteiger partial charge in [-0.05, 0) is 0 Å². The maximum Gasteiger partial charge on any atom is 0.181 e. The lowest BCUT2D eigenvalue weighted by Crippen LogP contribution is -2.02. The van der Waals surface area contributed by atoms with E-state index in [2.05, 4.69) is 30.4 Å². The highest BCUT2D eigenvalue weighted by atomic mass is 15.4. The summed E-state index contributed by atoms with van der Waals surface area (Å²) >= 11 is 0. The number of aromatic nitrogens is 7. The van der Waals surface area contributed by atoms with Gasteiger partial charge in [0, 0.05) is 0 Å². The van der Waals surface area contributed by atoms with Crippen LogP contribution in [0.2, 0.25) is 0 Å². The van der Waals surface area contributed by atoms with Gasteiger partial charge in [-0.15, -0.1) is 5.10 Å². The Morgan fingerprint density at radius 1 is 1.21 bits per heavy atom. The summed E-state index contributed by atoms with van der Waals surface area (Å²) in [6.07, 6.45) is 6.35. The van der Waals surface area contributed by atoms with Crippen LogP contribution in [0.5, 0.6) is 0 Å². The van der Waals surface area contributed by atoms with Crippen LogP contribution < -0.4 is 0 Å². The molecule has 0 bridgehead atoms. The molecule has 1 aromatic rings. The largest absolute Gasteiger partial charge is 0.264 e. The Morgan fingerprint density at radius 2 is 2.21 bits per heavy atom. The Labute approximate surface area is 78.2 Å². The molecular weight excluding hydrogens is 182 g/mol. The minimum atomic E-state index is 0.642. The predicted molar refractivity (Wildman–Crippen MR) is 45.7 cm³/mol. The van der Waals surface area contributed by atoms with Crippen molar-refractivity contribution < 1.29 is 0 Å². The third-order valence-corrected chi connectivity index (χ3v) is 1.86. The highest BCUT2D eigenvalue weighted by Gasteiger charge is 2.12. The van der Waals surface area contributed by atoms with Crippen LogP contribution in [0.15, 0.2) is 25.0 Å². The molecule has 0 amide bonds. The molecule has 0 fully saturated rings. The Morgan fingerprint density at radius 3 is 3.07 bits per heavy atom. The van der Waals surface area contributed by atoms with Gasteiger partial charge in [-0.1, -0.05) is 0 Å². The summed E-state index contributed by atoms with van der Waals surface area (Å²) < 4.78 is 1.71. The van der Waals surface area contributed by atoms with Gasteiger partial charge in [-0.25, -0.2) is 15.0 Å². The van der Waals surface area contributed by atoms with Crippen molar-refractivity contribution in [2.75, 3.05) is 0 Å². The standard InChI is InChI=1S/C7H5N7/c1-5-7(10-3-9-5)14(4-8-1)6-2-11-13-12-6/h1-4H,(H,11,12,13). The van der Waals surface area contributed by atoms with Gasteiger partial charge in [0.15, 0.2) is 11.6 Å². The third kappa shape index (κ3) is 0.889. The summed E-state index contributed by atoms with van der Waals surface area (Å²) in [5.41, 5.74) is 0.732. The molecule has 3 rings (SSSR count). The monoisotopic (exact) mass is 187 g/mol. The smallest absolute Gasteiger partial charge is 0.181 e. The first-order valence-corrected chi connectivity index (χ1v) is 3.94. The van der Waals surface area contributed by atoms with Gasteiger partial charge in [-0.2, -0.15) is 10.3 Å². The quantitative estimate of drug-likeness (QED) is 0.574. The van der Waals surface area contributed by atoms with Crippen molar-refractivity contribution in [2.45, 2.75) is 0 Å². The normalized spacial score (nSPS) is 10.9. The number of rotatable bonds is 1. The lowest BCUT2D eigenvalue weighted by Gasteiger charge is -2.04. The van der Waals surface area contributed by atoms with Crippen molar-refractivity contribution in [3.05, 3.63) is 25.0 Å². The molecule has 2 aliphatic rings. The van der Waals surface area contributed by atoms with Gasteiger partial charge in [0.25, 0.3) is 0 Å². The van der Waals surface area contributed by atoms with Gasteiger partial charge >= 0.3 is 0 Å². The molecule has 0 radical (unpaired) electrons. The number of hydrogen-bond donors (Lipinski definition) is 1. The fraction of sp³-hybridized carbons (Fsp3) is 0. The van der Waals surface area contributed by atoms with Crippen LogP contribution in [0.1, 0.15) is 0 Å². The molecule has 7 nitrogen and oxygen atoms in total. The zero-order chi connectivity index (χ0) is 9.38. The van der Waals surface area contributed by atoms with Gasteiger partial charge in [-0.3, -0.25) is 4.57 Å². The highest BCUT2D eigenvalue weighted by molar-refractivity contribution is 5.51. The summed E-state index contributed by atoms with van der Waals surface area (Å²) in [5.74, 6) is 1.36. The molecular formula is C7H5N7. The van der Waals surface area contributed by atoms with E-state index in [0.717, 1.165) is 5.69 Å².